The monoisotopic (exact) mass is 296 g/mol. The van der Waals surface area contributed by atoms with Crippen LogP contribution in [0, 0.1) is 11.6 Å². The predicted molar refractivity (Wildman–Crippen MR) is 72.4 cm³/mol. The molecule has 0 aromatic heterocycles. The number of ketones is 1. The molecular formula is C15H11ClF2O2. The van der Waals surface area contributed by atoms with Crippen LogP contribution < -0.4 is 4.74 Å². The standard InChI is InChI=1S/C15H11ClF2O2/c1-20-15-7-9(16)5-6-10(15)14(19)8-11-12(17)3-2-4-13(11)18/h2-7H,8H2,1H3. The van der Waals surface area contributed by atoms with Crippen molar-refractivity contribution in [3.63, 3.8) is 0 Å². The first-order chi connectivity index (χ1) is 9.52. The summed E-state index contributed by atoms with van der Waals surface area (Å²) in [4.78, 5) is 12.2. The quantitative estimate of drug-likeness (QED) is 0.796. The van der Waals surface area contributed by atoms with Crippen molar-refractivity contribution in [2.24, 2.45) is 0 Å². The van der Waals surface area contributed by atoms with Crippen LogP contribution in [0.3, 0.4) is 0 Å². The van der Waals surface area contributed by atoms with Gasteiger partial charge >= 0.3 is 0 Å². The molecule has 0 N–H and O–H groups in total. The molecule has 2 nitrogen and oxygen atoms in total. The minimum Gasteiger partial charge on any atom is -0.496 e. The Morgan fingerprint density at radius 2 is 1.85 bits per heavy atom. The van der Waals surface area contributed by atoms with E-state index in [2.05, 4.69) is 0 Å². The van der Waals surface area contributed by atoms with Gasteiger partial charge < -0.3 is 4.74 Å². The number of hydrogen-bond acceptors (Lipinski definition) is 2. The number of carbonyl (C=O) groups excluding carboxylic acids is 1. The van der Waals surface area contributed by atoms with Gasteiger partial charge in [-0.3, -0.25) is 4.79 Å². The Morgan fingerprint density at radius 3 is 2.45 bits per heavy atom. The molecule has 104 valence electrons. The van der Waals surface area contributed by atoms with E-state index < -0.39 is 17.4 Å². The summed E-state index contributed by atoms with van der Waals surface area (Å²) in [7, 11) is 1.39. The molecule has 2 rings (SSSR count). The van der Waals surface area contributed by atoms with Crippen molar-refractivity contribution in [3.05, 3.63) is 64.2 Å². The third-order valence-corrected chi connectivity index (χ3v) is 3.10. The van der Waals surface area contributed by atoms with Gasteiger partial charge in [-0.25, -0.2) is 8.78 Å². The van der Waals surface area contributed by atoms with Gasteiger partial charge in [-0.15, -0.1) is 0 Å². The van der Waals surface area contributed by atoms with Crippen LogP contribution in [0.5, 0.6) is 5.75 Å². The molecule has 0 aliphatic heterocycles. The summed E-state index contributed by atoms with van der Waals surface area (Å²) < 4.78 is 32.1. The molecule has 0 unspecified atom stereocenters. The molecule has 0 saturated carbocycles. The largest absolute Gasteiger partial charge is 0.496 e. The first-order valence-electron chi connectivity index (χ1n) is 5.82. The number of ether oxygens (including phenoxy) is 1. The fourth-order valence-corrected chi connectivity index (χ4v) is 2.01. The number of benzene rings is 2. The van der Waals surface area contributed by atoms with E-state index in [-0.39, 0.29) is 23.3 Å². The van der Waals surface area contributed by atoms with Crippen molar-refractivity contribution in [1.82, 2.24) is 0 Å². The number of rotatable bonds is 4. The molecule has 0 aliphatic carbocycles. The highest BCUT2D eigenvalue weighted by molar-refractivity contribution is 6.30. The molecule has 0 saturated heterocycles. The second kappa shape index (κ2) is 6.01. The summed E-state index contributed by atoms with van der Waals surface area (Å²) in [6, 6.07) is 7.96. The van der Waals surface area contributed by atoms with Crippen LogP contribution in [0.25, 0.3) is 0 Å². The van der Waals surface area contributed by atoms with E-state index in [1.54, 1.807) is 0 Å². The van der Waals surface area contributed by atoms with Crippen LogP contribution >= 0.6 is 11.6 Å². The van der Waals surface area contributed by atoms with Crippen LogP contribution in [0.4, 0.5) is 8.78 Å². The Labute approximate surface area is 119 Å². The number of hydrogen-bond donors (Lipinski definition) is 0. The molecule has 0 aliphatic rings. The second-order valence-electron chi connectivity index (χ2n) is 4.14. The number of halogens is 3. The zero-order chi connectivity index (χ0) is 14.7. The van der Waals surface area contributed by atoms with E-state index >= 15 is 0 Å². The van der Waals surface area contributed by atoms with Gasteiger partial charge in [0, 0.05) is 17.0 Å². The third-order valence-electron chi connectivity index (χ3n) is 2.86. The van der Waals surface area contributed by atoms with Gasteiger partial charge in [-0.1, -0.05) is 17.7 Å². The Kier molecular flexibility index (Phi) is 4.35. The van der Waals surface area contributed by atoms with Crippen molar-refractivity contribution in [2.75, 3.05) is 7.11 Å². The number of Topliss-reactive ketones (excluding diaryl/α,β-unsaturated/α-hetero) is 1. The van der Waals surface area contributed by atoms with Crippen LogP contribution in [0.15, 0.2) is 36.4 Å². The third kappa shape index (κ3) is 2.96. The molecule has 5 heteroatoms. The maximum absolute atomic E-state index is 13.5. The van der Waals surface area contributed by atoms with E-state index in [0.717, 1.165) is 12.1 Å². The van der Waals surface area contributed by atoms with Gasteiger partial charge in [0.2, 0.25) is 0 Å². The van der Waals surface area contributed by atoms with Crippen LogP contribution in [0.2, 0.25) is 5.02 Å². The Morgan fingerprint density at radius 1 is 1.20 bits per heavy atom. The highest BCUT2D eigenvalue weighted by Crippen LogP contribution is 2.25. The van der Waals surface area contributed by atoms with E-state index in [1.165, 1.54) is 31.4 Å². The normalized spacial score (nSPS) is 10.4. The molecule has 20 heavy (non-hydrogen) atoms. The fourth-order valence-electron chi connectivity index (χ4n) is 1.85. The lowest BCUT2D eigenvalue weighted by atomic mass is 10.0. The summed E-state index contributed by atoms with van der Waals surface area (Å²) in [6.45, 7) is 0. The fraction of sp³-hybridized carbons (Fsp3) is 0.133. The summed E-state index contributed by atoms with van der Waals surface area (Å²) in [5.74, 6) is -1.65. The Bertz CT molecular complexity index is 636. The first kappa shape index (κ1) is 14.5. The zero-order valence-electron chi connectivity index (χ0n) is 10.6. The van der Waals surface area contributed by atoms with Crippen molar-refractivity contribution in [1.29, 1.82) is 0 Å². The predicted octanol–water partition coefficient (Wildman–Crippen LogP) is 4.05. The molecule has 0 heterocycles. The van der Waals surface area contributed by atoms with Crippen molar-refractivity contribution >= 4 is 17.4 Å². The lowest BCUT2D eigenvalue weighted by Gasteiger charge is -2.09. The number of methoxy groups -OCH3 is 1. The van der Waals surface area contributed by atoms with Crippen LogP contribution in [-0.2, 0) is 6.42 Å². The average molecular weight is 297 g/mol. The van der Waals surface area contributed by atoms with Gasteiger partial charge in [-0.05, 0) is 30.3 Å². The van der Waals surface area contributed by atoms with Gasteiger partial charge in [0.25, 0.3) is 0 Å². The van der Waals surface area contributed by atoms with E-state index in [9.17, 15) is 13.6 Å². The van der Waals surface area contributed by atoms with E-state index in [4.69, 9.17) is 16.3 Å². The van der Waals surface area contributed by atoms with Gasteiger partial charge in [-0.2, -0.15) is 0 Å². The van der Waals surface area contributed by atoms with Crippen molar-refractivity contribution in [2.45, 2.75) is 6.42 Å². The summed E-state index contributed by atoms with van der Waals surface area (Å²) in [5, 5.41) is 0.412. The maximum Gasteiger partial charge on any atom is 0.171 e. The van der Waals surface area contributed by atoms with Gasteiger partial charge in [0.1, 0.15) is 17.4 Å². The highest BCUT2D eigenvalue weighted by atomic mass is 35.5. The zero-order valence-corrected chi connectivity index (χ0v) is 11.4. The Balaban J connectivity index is 2.33. The second-order valence-corrected chi connectivity index (χ2v) is 4.58. The van der Waals surface area contributed by atoms with Crippen molar-refractivity contribution < 1.29 is 18.3 Å². The van der Waals surface area contributed by atoms with E-state index in [1.807, 2.05) is 0 Å². The molecule has 0 bridgehead atoms. The number of carbonyl (C=O) groups is 1. The maximum atomic E-state index is 13.5. The van der Waals surface area contributed by atoms with Crippen LogP contribution in [-0.4, -0.2) is 12.9 Å². The summed E-state index contributed by atoms with van der Waals surface area (Å²) in [6.07, 6.45) is -0.378. The molecule has 2 aromatic carbocycles. The summed E-state index contributed by atoms with van der Waals surface area (Å²) in [5.41, 5.74) is -0.0194. The molecule has 0 amide bonds. The molecule has 2 aromatic rings. The topological polar surface area (TPSA) is 26.3 Å². The van der Waals surface area contributed by atoms with E-state index in [0.29, 0.717) is 5.02 Å². The average Bonchev–Trinajstić information content (AvgIpc) is 2.42. The van der Waals surface area contributed by atoms with Gasteiger partial charge in [0.05, 0.1) is 12.7 Å². The molecule has 0 atom stereocenters. The highest BCUT2D eigenvalue weighted by Gasteiger charge is 2.17. The van der Waals surface area contributed by atoms with Crippen molar-refractivity contribution in [3.8, 4) is 5.75 Å². The van der Waals surface area contributed by atoms with Crippen LogP contribution in [0.1, 0.15) is 15.9 Å². The first-order valence-corrected chi connectivity index (χ1v) is 6.20. The molecule has 0 radical (unpaired) electrons. The van der Waals surface area contributed by atoms with Gasteiger partial charge in [0.15, 0.2) is 5.78 Å². The molecule has 0 fully saturated rings. The smallest absolute Gasteiger partial charge is 0.171 e. The molecular weight excluding hydrogens is 286 g/mol. The lowest BCUT2D eigenvalue weighted by Crippen LogP contribution is -2.08. The molecule has 0 spiro atoms. The SMILES string of the molecule is COc1cc(Cl)ccc1C(=O)Cc1c(F)cccc1F. The Hall–Kier alpha value is -1.94. The minimum atomic E-state index is -0.744. The minimum absolute atomic E-state index is 0.236. The summed E-state index contributed by atoms with van der Waals surface area (Å²) >= 11 is 5.80. The lowest BCUT2D eigenvalue weighted by molar-refractivity contribution is 0.0987.